The molecule has 0 radical (unpaired) electrons. The molecule has 0 aliphatic heterocycles. The molecule has 0 saturated heterocycles. The number of ether oxygens (including phenoxy) is 4. The van der Waals surface area contributed by atoms with Crippen molar-refractivity contribution in [3.63, 3.8) is 0 Å². The number of carboxylic acid groups (broad SMARTS) is 1. The minimum absolute atomic E-state index is 0.133. The first-order valence-electron chi connectivity index (χ1n) is 30.6. The number of carbonyl (C=O) groups is 3. The molecule has 0 aliphatic rings. The largest absolute Gasteiger partial charge is 0.545 e. The van der Waals surface area contributed by atoms with Crippen LogP contribution in [0.15, 0.2) is 158 Å². The van der Waals surface area contributed by atoms with Crippen LogP contribution in [0.4, 0.5) is 0 Å². The van der Waals surface area contributed by atoms with E-state index in [9.17, 15) is 19.5 Å². The van der Waals surface area contributed by atoms with E-state index in [1.54, 1.807) is 0 Å². The van der Waals surface area contributed by atoms with Gasteiger partial charge in [0, 0.05) is 12.8 Å². The molecule has 0 N–H and O–H groups in total. The molecule has 0 aromatic carbocycles. The summed E-state index contributed by atoms with van der Waals surface area (Å²) in [7, 11) is 5.90. The highest BCUT2D eigenvalue weighted by Crippen LogP contribution is 2.14. The molecule has 0 aromatic heterocycles. The molecule has 0 amide bonds. The van der Waals surface area contributed by atoms with E-state index in [4.69, 9.17) is 18.9 Å². The number of hydrogen-bond donors (Lipinski definition) is 0. The Morgan fingerprint density at radius 1 is 0.380 bits per heavy atom. The van der Waals surface area contributed by atoms with Gasteiger partial charge < -0.3 is 33.3 Å². The molecule has 0 fully saturated rings. The molecule has 9 heteroatoms. The maximum Gasteiger partial charge on any atom is 0.306 e. The van der Waals surface area contributed by atoms with Gasteiger partial charge in [0.2, 0.25) is 0 Å². The van der Waals surface area contributed by atoms with E-state index in [2.05, 4.69) is 172 Å². The Balaban J connectivity index is 4.33. The third-order valence-corrected chi connectivity index (χ3v) is 12.3. The molecule has 0 saturated carbocycles. The summed E-state index contributed by atoms with van der Waals surface area (Å²) in [6.45, 7) is 4.46. The molecule has 0 aromatic rings. The first-order valence-corrected chi connectivity index (χ1v) is 30.6. The number of unbranched alkanes of at least 4 members (excludes halogenated alkanes) is 13. The van der Waals surface area contributed by atoms with E-state index in [0.717, 1.165) is 148 Å². The first-order chi connectivity index (χ1) is 38.6. The highest BCUT2D eigenvalue weighted by Gasteiger charge is 2.22. The molecule has 2 unspecified atom stereocenters. The van der Waals surface area contributed by atoms with Crippen LogP contribution in [0.1, 0.15) is 206 Å². The summed E-state index contributed by atoms with van der Waals surface area (Å²) in [4.78, 5) is 37.4. The Morgan fingerprint density at radius 3 is 1.01 bits per heavy atom. The predicted molar refractivity (Wildman–Crippen MR) is 333 cm³/mol. The first kappa shape index (κ1) is 73.9. The lowest BCUT2D eigenvalue weighted by Gasteiger charge is -2.26. The van der Waals surface area contributed by atoms with Gasteiger partial charge in [0.1, 0.15) is 13.2 Å². The average Bonchev–Trinajstić information content (AvgIpc) is 3.42. The molecule has 0 heterocycles. The lowest BCUT2D eigenvalue weighted by molar-refractivity contribution is -0.870. The standard InChI is InChI=1S/C70H111NO8/c1-6-8-10-12-14-16-18-20-22-24-26-28-30-31-32-33-34-35-36-37-39-41-43-45-47-49-51-53-55-57-59-61-68(73)79-66(65-78-70(69(74)75)76-63-62-71(3,4)5)64-77-67(72)60-58-56-54-52-50-48-46-44-42-40-38-29-27-25-23-21-19-17-15-13-11-9-7-2/h8-11,14-17,20-23,26-29,31-32,34-35,37,39-40,42-43,45,66,70H,6-7,12-13,18-19,24-25,30,33,36,38,41,44,46-65H2,1-5H3/b10-8-,11-9-,16-14-,17-15-,22-20-,23-21-,28-26-,29-27-,32-31-,35-34-,39-37-,42-40-,45-43-. The molecule has 0 rings (SSSR count). The van der Waals surface area contributed by atoms with Crippen LogP contribution in [0.5, 0.6) is 0 Å². The molecule has 0 aliphatic carbocycles. The van der Waals surface area contributed by atoms with E-state index in [0.29, 0.717) is 23.9 Å². The van der Waals surface area contributed by atoms with Gasteiger partial charge in [-0.15, -0.1) is 0 Å². The van der Waals surface area contributed by atoms with E-state index in [1.807, 2.05) is 21.1 Å². The minimum atomic E-state index is -1.64. The number of nitrogens with zero attached hydrogens (tertiary/aromatic N) is 1. The van der Waals surface area contributed by atoms with Gasteiger partial charge in [0.05, 0.1) is 40.3 Å². The maximum atomic E-state index is 12.9. The zero-order valence-corrected chi connectivity index (χ0v) is 50.4. The highest BCUT2D eigenvalue weighted by molar-refractivity contribution is 5.70. The van der Waals surface area contributed by atoms with Gasteiger partial charge in [-0.05, 0) is 122 Å². The van der Waals surface area contributed by atoms with Crippen LogP contribution >= 0.6 is 0 Å². The van der Waals surface area contributed by atoms with E-state index < -0.39 is 24.3 Å². The van der Waals surface area contributed by atoms with Crippen molar-refractivity contribution in [1.82, 2.24) is 0 Å². The second-order valence-electron chi connectivity index (χ2n) is 20.9. The van der Waals surface area contributed by atoms with Crippen LogP contribution in [0.2, 0.25) is 0 Å². The summed E-state index contributed by atoms with van der Waals surface area (Å²) >= 11 is 0. The zero-order valence-electron chi connectivity index (χ0n) is 50.4. The molecule has 9 nitrogen and oxygen atoms in total. The van der Waals surface area contributed by atoms with E-state index in [1.165, 1.54) is 19.3 Å². The molecule has 0 spiro atoms. The number of hydrogen-bond acceptors (Lipinski definition) is 8. The smallest absolute Gasteiger partial charge is 0.306 e. The van der Waals surface area contributed by atoms with Gasteiger partial charge in [-0.1, -0.05) is 230 Å². The SMILES string of the molecule is CC/C=C\C/C=C\C/C=C\C/C=C\C/C=C\C/C=C\C/C=C\C/C=C\CCCCCCCCC(=O)OC(COC(=O)CCCCCCCCC/C=C\C/C=C\C/C=C\C/C=C\C/C=C\CC)COC(OCC[N+](C)(C)C)C(=O)[O-]. The third kappa shape index (κ3) is 60.4. The quantitative estimate of drug-likeness (QED) is 0.0195. The summed E-state index contributed by atoms with van der Waals surface area (Å²) in [5.41, 5.74) is 0. The maximum absolute atomic E-state index is 12.9. The van der Waals surface area contributed by atoms with Gasteiger partial charge >= 0.3 is 11.9 Å². The number of quaternary nitrogens is 1. The van der Waals surface area contributed by atoms with E-state index >= 15 is 0 Å². The number of aliphatic carboxylic acids is 1. The molecular formula is C70H111NO8. The molecule has 2 atom stereocenters. The fourth-order valence-corrected chi connectivity index (χ4v) is 7.64. The van der Waals surface area contributed by atoms with Crippen molar-refractivity contribution in [3.8, 4) is 0 Å². The molecule has 0 bridgehead atoms. The van der Waals surface area contributed by atoms with Gasteiger partial charge in [0.15, 0.2) is 12.4 Å². The number of allylic oxidation sites excluding steroid dienone is 26. The average molecular weight is 1090 g/mol. The van der Waals surface area contributed by atoms with Crippen LogP contribution in [0.3, 0.4) is 0 Å². The Hall–Kier alpha value is -5.09. The Bertz CT molecular complexity index is 1850. The van der Waals surface area contributed by atoms with Gasteiger partial charge in [-0.25, -0.2) is 0 Å². The fourth-order valence-electron chi connectivity index (χ4n) is 7.64. The van der Waals surface area contributed by atoms with Crippen LogP contribution in [-0.2, 0) is 33.3 Å². The molecule has 79 heavy (non-hydrogen) atoms. The molecular weight excluding hydrogens is 983 g/mol. The third-order valence-electron chi connectivity index (χ3n) is 12.3. The lowest BCUT2D eigenvalue weighted by Crippen LogP contribution is -2.44. The Labute approximate surface area is 483 Å². The van der Waals surface area contributed by atoms with Gasteiger partial charge in [-0.2, -0.15) is 0 Å². The topological polar surface area (TPSA) is 111 Å². The Kier molecular flexibility index (Phi) is 55.2. The zero-order chi connectivity index (χ0) is 57.6. The van der Waals surface area contributed by atoms with Crippen LogP contribution in [0, 0.1) is 0 Å². The monoisotopic (exact) mass is 1090 g/mol. The van der Waals surface area contributed by atoms with Crippen molar-refractivity contribution >= 4 is 17.9 Å². The fraction of sp³-hybridized carbons (Fsp3) is 0.586. The summed E-state index contributed by atoms with van der Waals surface area (Å²) in [6, 6.07) is 0. The Morgan fingerprint density at radius 2 is 0.684 bits per heavy atom. The van der Waals surface area contributed by atoms with Crippen molar-refractivity contribution in [2.75, 3.05) is 47.5 Å². The van der Waals surface area contributed by atoms with Crippen molar-refractivity contribution in [2.24, 2.45) is 0 Å². The molecule has 444 valence electrons. The van der Waals surface area contributed by atoms with Crippen molar-refractivity contribution in [2.45, 2.75) is 219 Å². The van der Waals surface area contributed by atoms with Crippen molar-refractivity contribution in [3.05, 3.63) is 158 Å². The normalized spacial score (nSPS) is 13.9. The summed E-state index contributed by atoms with van der Waals surface area (Å²) in [5.74, 6) is -2.34. The number of carbonyl (C=O) groups excluding carboxylic acids is 3. The summed E-state index contributed by atoms with van der Waals surface area (Å²) in [5, 5.41) is 11.8. The summed E-state index contributed by atoms with van der Waals surface area (Å²) < 4.78 is 22.7. The second-order valence-corrected chi connectivity index (χ2v) is 20.9. The highest BCUT2D eigenvalue weighted by atomic mass is 16.7. The minimum Gasteiger partial charge on any atom is -0.545 e. The van der Waals surface area contributed by atoms with Crippen molar-refractivity contribution < 1.29 is 42.9 Å². The van der Waals surface area contributed by atoms with Gasteiger partial charge in [0.25, 0.3) is 0 Å². The summed E-state index contributed by atoms with van der Waals surface area (Å²) in [6.07, 6.45) is 84.3. The number of rotatable bonds is 54. The van der Waals surface area contributed by atoms with Gasteiger partial charge in [-0.3, -0.25) is 9.59 Å². The van der Waals surface area contributed by atoms with Crippen LogP contribution < -0.4 is 5.11 Å². The van der Waals surface area contributed by atoms with Crippen molar-refractivity contribution in [1.29, 1.82) is 0 Å². The van der Waals surface area contributed by atoms with Crippen LogP contribution in [0.25, 0.3) is 0 Å². The number of esters is 2. The van der Waals surface area contributed by atoms with Crippen LogP contribution in [-0.4, -0.2) is 82.3 Å². The van der Waals surface area contributed by atoms with E-state index in [-0.39, 0.29) is 38.6 Å². The lowest BCUT2D eigenvalue weighted by atomic mass is 10.1. The second kappa shape index (κ2) is 59.0. The predicted octanol–water partition coefficient (Wildman–Crippen LogP) is 17.2. The number of carboxylic acids is 1. The number of likely N-dealkylation sites (N-methyl/N-ethyl adjacent to an activating group) is 1.